The van der Waals surface area contributed by atoms with E-state index in [2.05, 4.69) is 5.32 Å². The lowest BCUT2D eigenvalue weighted by atomic mass is 10.3. The molecule has 0 aliphatic rings. The molecule has 0 aromatic heterocycles. The molecule has 0 atom stereocenters. The Balaban J connectivity index is 2.40. The molecule has 20 heavy (non-hydrogen) atoms. The first kappa shape index (κ1) is 16.4. The Labute approximate surface area is 124 Å². The minimum Gasteiger partial charge on any atom is -0.486 e. The number of ether oxygens (including phenoxy) is 2. The molecule has 0 heterocycles. The fourth-order valence-corrected chi connectivity index (χ4v) is 1.51. The highest BCUT2D eigenvalue weighted by molar-refractivity contribution is 7.80. The van der Waals surface area contributed by atoms with E-state index in [-0.39, 0.29) is 17.5 Å². The van der Waals surface area contributed by atoms with Crippen LogP contribution in [0.3, 0.4) is 0 Å². The van der Waals surface area contributed by atoms with Crippen LogP contribution in [0.2, 0.25) is 0 Å². The van der Waals surface area contributed by atoms with Crippen molar-refractivity contribution in [3.63, 3.8) is 0 Å². The van der Waals surface area contributed by atoms with Gasteiger partial charge in [-0.3, -0.25) is 4.79 Å². The lowest BCUT2D eigenvalue weighted by Gasteiger charge is -2.09. The Morgan fingerprint density at radius 1 is 1.40 bits per heavy atom. The molecule has 0 aliphatic carbocycles. The minimum atomic E-state index is -0.0902. The predicted octanol–water partition coefficient (Wildman–Crippen LogP) is 2.11. The zero-order valence-corrected chi connectivity index (χ0v) is 12.4. The Kier molecular flexibility index (Phi) is 7.60. The van der Waals surface area contributed by atoms with Crippen LogP contribution in [0.15, 0.2) is 24.3 Å². The Morgan fingerprint density at radius 3 is 2.90 bits per heavy atom. The van der Waals surface area contributed by atoms with E-state index >= 15 is 0 Å². The van der Waals surface area contributed by atoms with Crippen LogP contribution >= 0.6 is 12.2 Å². The molecule has 0 aliphatic heterocycles. The van der Waals surface area contributed by atoms with Gasteiger partial charge in [-0.25, -0.2) is 0 Å². The van der Waals surface area contributed by atoms with Crippen molar-refractivity contribution < 1.29 is 14.3 Å². The molecule has 0 unspecified atom stereocenters. The molecule has 0 fully saturated rings. The lowest BCUT2D eigenvalue weighted by Crippen LogP contribution is -2.18. The van der Waals surface area contributed by atoms with Crippen molar-refractivity contribution in [1.82, 2.24) is 0 Å². The number of rotatable bonds is 9. The molecule has 0 bridgehead atoms. The van der Waals surface area contributed by atoms with Crippen molar-refractivity contribution in [2.24, 2.45) is 5.73 Å². The standard InChI is InChI=1S/C14H20N2O3S/c1-2-7-18-8-6-14(17)16-11-4-3-5-12(9-11)19-10-13(15)20/h3-5,9H,2,6-8,10H2,1H3,(H2,15,20)(H,16,17). The molecule has 110 valence electrons. The van der Waals surface area contributed by atoms with Gasteiger partial charge >= 0.3 is 0 Å². The molecular formula is C14H20N2O3S. The molecule has 1 amide bonds. The summed E-state index contributed by atoms with van der Waals surface area (Å²) in [5.41, 5.74) is 6.03. The zero-order valence-electron chi connectivity index (χ0n) is 11.6. The van der Waals surface area contributed by atoms with E-state index in [1.54, 1.807) is 24.3 Å². The number of benzene rings is 1. The third-order valence-corrected chi connectivity index (χ3v) is 2.44. The maximum atomic E-state index is 11.7. The molecule has 1 rings (SSSR count). The molecule has 0 saturated heterocycles. The highest BCUT2D eigenvalue weighted by Crippen LogP contribution is 2.17. The quantitative estimate of drug-likeness (QED) is 0.539. The first-order valence-corrected chi connectivity index (χ1v) is 6.91. The number of hydrogen-bond acceptors (Lipinski definition) is 4. The molecule has 0 radical (unpaired) electrons. The maximum absolute atomic E-state index is 11.7. The summed E-state index contributed by atoms with van der Waals surface area (Å²) in [6, 6.07) is 7.08. The van der Waals surface area contributed by atoms with Crippen LogP contribution in [0.4, 0.5) is 5.69 Å². The van der Waals surface area contributed by atoms with Gasteiger partial charge in [0.2, 0.25) is 5.91 Å². The SMILES string of the molecule is CCCOCCC(=O)Nc1cccc(OCC(N)=S)c1. The minimum absolute atomic E-state index is 0.0902. The Bertz CT molecular complexity index is 452. The number of anilines is 1. The Morgan fingerprint density at radius 2 is 2.20 bits per heavy atom. The number of nitrogens with one attached hydrogen (secondary N) is 1. The smallest absolute Gasteiger partial charge is 0.226 e. The second-order valence-electron chi connectivity index (χ2n) is 4.19. The number of carbonyl (C=O) groups excluding carboxylic acids is 1. The van der Waals surface area contributed by atoms with Crippen molar-refractivity contribution in [2.45, 2.75) is 19.8 Å². The third kappa shape index (κ3) is 7.06. The van der Waals surface area contributed by atoms with Crippen molar-refractivity contribution in [3.8, 4) is 5.75 Å². The fraction of sp³-hybridized carbons (Fsp3) is 0.429. The molecule has 1 aromatic carbocycles. The Hall–Kier alpha value is -1.66. The number of thiocarbonyl (C=S) groups is 1. The first-order valence-electron chi connectivity index (χ1n) is 6.50. The van der Waals surface area contributed by atoms with Crippen molar-refractivity contribution in [3.05, 3.63) is 24.3 Å². The van der Waals surface area contributed by atoms with Gasteiger partial charge < -0.3 is 20.5 Å². The van der Waals surface area contributed by atoms with E-state index in [4.69, 9.17) is 27.4 Å². The molecule has 3 N–H and O–H groups in total. The van der Waals surface area contributed by atoms with Gasteiger partial charge in [0.25, 0.3) is 0 Å². The second kappa shape index (κ2) is 9.28. The monoisotopic (exact) mass is 296 g/mol. The summed E-state index contributed by atoms with van der Waals surface area (Å²) in [4.78, 5) is 12.0. The van der Waals surface area contributed by atoms with Crippen LogP contribution in [-0.2, 0) is 9.53 Å². The highest BCUT2D eigenvalue weighted by Gasteiger charge is 2.03. The van der Waals surface area contributed by atoms with Gasteiger partial charge in [0.15, 0.2) is 0 Å². The van der Waals surface area contributed by atoms with Gasteiger partial charge in [-0.05, 0) is 18.6 Å². The van der Waals surface area contributed by atoms with Gasteiger partial charge in [0, 0.05) is 18.4 Å². The van der Waals surface area contributed by atoms with Gasteiger partial charge in [-0.2, -0.15) is 0 Å². The van der Waals surface area contributed by atoms with Gasteiger partial charge in [0.05, 0.1) is 13.0 Å². The summed E-state index contributed by atoms with van der Waals surface area (Å²) < 4.78 is 10.6. The number of hydrogen-bond donors (Lipinski definition) is 2. The van der Waals surface area contributed by atoms with Gasteiger partial charge in [-0.15, -0.1) is 0 Å². The van der Waals surface area contributed by atoms with E-state index in [0.717, 1.165) is 6.42 Å². The first-order chi connectivity index (χ1) is 9.61. The summed E-state index contributed by atoms with van der Waals surface area (Å²) in [6.45, 7) is 3.31. The van der Waals surface area contributed by atoms with Crippen molar-refractivity contribution >= 4 is 28.8 Å². The fourth-order valence-electron chi connectivity index (χ4n) is 1.45. The van der Waals surface area contributed by atoms with Crippen LogP contribution in [-0.4, -0.2) is 30.7 Å². The summed E-state index contributed by atoms with van der Waals surface area (Å²) in [5, 5.41) is 2.78. The summed E-state index contributed by atoms with van der Waals surface area (Å²) in [7, 11) is 0. The summed E-state index contributed by atoms with van der Waals surface area (Å²) >= 11 is 4.74. The zero-order chi connectivity index (χ0) is 14.8. The van der Waals surface area contributed by atoms with E-state index in [9.17, 15) is 4.79 Å². The molecule has 1 aromatic rings. The van der Waals surface area contributed by atoms with E-state index in [1.807, 2.05) is 6.92 Å². The van der Waals surface area contributed by atoms with Crippen LogP contribution < -0.4 is 15.8 Å². The molecule has 0 spiro atoms. The van der Waals surface area contributed by atoms with E-state index in [0.29, 0.717) is 31.1 Å². The predicted molar refractivity (Wildman–Crippen MR) is 83.1 cm³/mol. The number of amides is 1. The number of nitrogens with two attached hydrogens (primary N) is 1. The normalized spacial score (nSPS) is 10.1. The molecule has 6 heteroatoms. The second-order valence-corrected chi connectivity index (χ2v) is 4.72. The topological polar surface area (TPSA) is 73.6 Å². The van der Waals surface area contributed by atoms with Crippen LogP contribution in [0, 0.1) is 0 Å². The average Bonchev–Trinajstić information content (AvgIpc) is 2.42. The van der Waals surface area contributed by atoms with E-state index < -0.39 is 0 Å². The van der Waals surface area contributed by atoms with Crippen molar-refractivity contribution in [2.75, 3.05) is 25.1 Å². The average molecular weight is 296 g/mol. The summed E-state index contributed by atoms with van der Waals surface area (Å²) in [6.07, 6.45) is 1.28. The number of carbonyl (C=O) groups is 1. The highest BCUT2D eigenvalue weighted by atomic mass is 32.1. The van der Waals surface area contributed by atoms with Gasteiger partial charge in [0.1, 0.15) is 17.3 Å². The largest absolute Gasteiger partial charge is 0.486 e. The molecular weight excluding hydrogens is 276 g/mol. The van der Waals surface area contributed by atoms with Crippen molar-refractivity contribution in [1.29, 1.82) is 0 Å². The maximum Gasteiger partial charge on any atom is 0.226 e. The van der Waals surface area contributed by atoms with E-state index in [1.165, 1.54) is 0 Å². The summed E-state index contributed by atoms with van der Waals surface area (Å²) in [5.74, 6) is 0.519. The van der Waals surface area contributed by atoms with Crippen LogP contribution in [0.5, 0.6) is 5.75 Å². The lowest BCUT2D eigenvalue weighted by molar-refractivity contribution is -0.117. The van der Waals surface area contributed by atoms with Gasteiger partial charge in [-0.1, -0.05) is 25.2 Å². The van der Waals surface area contributed by atoms with Crippen LogP contribution in [0.25, 0.3) is 0 Å². The third-order valence-electron chi connectivity index (χ3n) is 2.32. The van der Waals surface area contributed by atoms with Crippen LogP contribution in [0.1, 0.15) is 19.8 Å². The molecule has 5 nitrogen and oxygen atoms in total. The molecule has 0 saturated carbocycles.